The van der Waals surface area contributed by atoms with E-state index in [0.717, 1.165) is 18.7 Å². The molecule has 1 atom stereocenters. The summed E-state index contributed by atoms with van der Waals surface area (Å²) in [7, 11) is 0. The van der Waals surface area contributed by atoms with E-state index in [4.69, 9.17) is 10.6 Å². The highest BCUT2D eigenvalue weighted by Gasteiger charge is 2.22. The summed E-state index contributed by atoms with van der Waals surface area (Å²) in [5.41, 5.74) is 3.24. The average Bonchev–Trinajstić information content (AvgIpc) is 2.51. The molecule has 0 aromatic heterocycles. The zero-order valence-electron chi connectivity index (χ0n) is 12.3. The number of hydrazine groups is 1. The zero-order chi connectivity index (χ0) is 14.8. The van der Waals surface area contributed by atoms with Crippen LogP contribution in [-0.4, -0.2) is 43.7 Å². The van der Waals surface area contributed by atoms with Crippen molar-refractivity contribution in [3.63, 3.8) is 0 Å². The van der Waals surface area contributed by atoms with E-state index in [1.54, 1.807) is 0 Å². The van der Waals surface area contributed by atoms with Crippen molar-refractivity contribution < 1.29 is 9.53 Å². The standard InChI is InChI=1S/C15H25N3O2/c1-3-18(10-11-20-4-2)12-14(15(19)17-16)13-8-6-5-7-9-13/h5-9,14H,3-4,10-12,16H2,1-2H3,(H,17,19). The molecule has 112 valence electrons. The number of rotatable bonds is 9. The van der Waals surface area contributed by atoms with Gasteiger partial charge in [0, 0.05) is 19.7 Å². The Morgan fingerprint density at radius 1 is 1.35 bits per heavy atom. The van der Waals surface area contributed by atoms with Crippen molar-refractivity contribution in [1.82, 2.24) is 10.3 Å². The van der Waals surface area contributed by atoms with Crippen LogP contribution < -0.4 is 11.3 Å². The average molecular weight is 279 g/mol. The van der Waals surface area contributed by atoms with Crippen LogP contribution in [-0.2, 0) is 9.53 Å². The molecule has 0 fully saturated rings. The fourth-order valence-electron chi connectivity index (χ4n) is 2.10. The maximum absolute atomic E-state index is 12.0. The van der Waals surface area contributed by atoms with Crippen LogP contribution in [0.25, 0.3) is 0 Å². The Morgan fingerprint density at radius 3 is 2.60 bits per heavy atom. The van der Waals surface area contributed by atoms with Gasteiger partial charge in [0.15, 0.2) is 0 Å². The molecule has 0 bridgehead atoms. The third-order valence-corrected chi connectivity index (χ3v) is 3.30. The Labute approximate surface area is 121 Å². The van der Waals surface area contributed by atoms with E-state index in [9.17, 15) is 4.79 Å². The van der Waals surface area contributed by atoms with Gasteiger partial charge >= 0.3 is 0 Å². The highest BCUT2D eigenvalue weighted by Crippen LogP contribution is 2.17. The van der Waals surface area contributed by atoms with Gasteiger partial charge in [-0.3, -0.25) is 10.2 Å². The molecule has 0 aliphatic heterocycles. The number of amides is 1. The molecule has 0 saturated heterocycles. The van der Waals surface area contributed by atoms with Gasteiger partial charge in [0.2, 0.25) is 5.91 Å². The summed E-state index contributed by atoms with van der Waals surface area (Å²) >= 11 is 0. The lowest BCUT2D eigenvalue weighted by Gasteiger charge is -2.25. The Balaban J connectivity index is 2.71. The van der Waals surface area contributed by atoms with E-state index in [0.29, 0.717) is 19.8 Å². The number of hydrogen-bond acceptors (Lipinski definition) is 4. The fourth-order valence-corrected chi connectivity index (χ4v) is 2.10. The van der Waals surface area contributed by atoms with Crippen LogP contribution in [0.15, 0.2) is 30.3 Å². The number of nitrogens with zero attached hydrogens (tertiary/aromatic N) is 1. The maximum Gasteiger partial charge on any atom is 0.242 e. The van der Waals surface area contributed by atoms with Crippen molar-refractivity contribution in [3.8, 4) is 0 Å². The predicted molar refractivity (Wildman–Crippen MR) is 80.1 cm³/mol. The highest BCUT2D eigenvalue weighted by atomic mass is 16.5. The van der Waals surface area contributed by atoms with Gasteiger partial charge in [-0.1, -0.05) is 37.3 Å². The summed E-state index contributed by atoms with van der Waals surface area (Å²) in [6.07, 6.45) is 0. The molecule has 20 heavy (non-hydrogen) atoms. The Hall–Kier alpha value is -1.43. The smallest absolute Gasteiger partial charge is 0.242 e. The van der Waals surface area contributed by atoms with Gasteiger partial charge in [-0.2, -0.15) is 0 Å². The Kier molecular flexibility index (Phi) is 7.87. The lowest BCUT2D eigenvalue weighted by atomic mass is 9.97. The quantitative estimate of drug-likeness (QED) is 0.308. The van der Waals surface area contributed by atoms with Crippen LogP contribution in [0, 0.1) is 0 Å². The summed E-state index contributed by atoms with van der Waals surface area (Å²) in [5.74, 6) is 4.88. The summed E-state index contributed by atoms with van der Waals surface area (Å²) in [6.45, 7) is 7.76. The van der Waals surface area contributed by atoms with Gasteiger partial charge < -0.3 is 9.64 Å². The minimum atomic E-state index is -0.261. The number of benzene rings is 1. The fraction of sp³-hybridized carbons (Fsp3) is 0.533. The Bertz CT molecular complexity index is 384. The topological polar surface area (TPSA) is 67.6 Å². The molecule has 0 heterocycles. The third-order valence-electron chi connectivity index (χ3n) is 3.30. The summed E-state index contributed by atoms with van der Waals surface area (Å²) in [4.78, 5) is 14.2. The van der Waals surface area contributed by atoms with Crippen LogP contribution >= 0.6 is 0 Å². The molecule has 0 aliphatic carbocycles. The monoisotopic (exact) mass is 279 g/mol. The van der Waals surface area contributed by atoms with Gasteiger partial charge in [0.25, 0.3) is 0 Å². The molecule has 0 saturated carbocycles. The number of hydrogen-bond donors (Lipinski definition) is 2. The van der Waals surface area contributed by atoms with Gasteiger partial charge in [-0.25, -0.2) is 5.84 Å². The number of carbonyl (C=O) groups is 1. The minimum Gasteiger partial charge on any atom is -0.380 e. The normalized spacial score (nSPS) is 12.4. The summed E-state index contributed by atoms with van der Waals surface area (Å²) < 4.78 is 5.37. The second-order valence-electron chi connectivity index (χ2n) is 4.56. The lowest BCUT2D eigenvalue weighted by Crippen LogP contribution is -2.41. The molecule has 1 aromatic rings. The molecular formula is C15H25N3O2. The first-order chi connectivity index (χ1) is 9.72. The van der Waals surface area contributed by atoms with Gasteiger partial charge in [-0.05, 0) is 19.0 Å². The summed E-state index contributed by atoms with van der Waals surface area (Å²) in [6, 6.07) is 9.71. The van der Waals surface area contributed by atoms with Crippen molar-refractivity contribution in [2.75, 3.05) is 32.8 Å². The van der Waals surface area contributed by atoms with E-state index in [2.05, 4.69) is 17.2 Å². The molecule has 0 radical (unpaired) electrons. The number of nitrogens with two attached hydrogens (primary N) is 1. The first-order valence-electron chi connectivity index (χ1n) is 7.08. The molecule has 3 N–H and O–H groups in total. The van der Waals surface area contributed by atoms with E-state index in [1.807, 2.05) is 37.3 Å². The van der Waals surface area contributed by atoms with Crippen LogP contribution in [0.1, 0.15) is 25.3 Å². The van der Waals surface area contributed by atoms with Crippen LogP contribution in [0.4, 0.5) is 0 Å². The van der Waals surface area contributed by atoms with Crippen LogP contribution in [0.5, 0.6) is 0 Å². The SMILES string of the molecule is CCOCCN(CC)CC(C(=O)NN)c1ccccc1. The zero-order valence-corrected chi connectivity index (χ0v) is 12.3. The molecule has 0 spiro atoms. The molecule has 5 nitrogen and oxygen atoms in total. The molecule has 5 heteroatoms. The number of nitrogens with one attached hydrogen (secondary N) is 1. The maximum atomic E-state index is 12.0. The van der Waals surface area contributed by atoms with Crippen LogP contribution in [0.3, 0.4) is 0 Å². The second-order valence-corrected chi connectivity index (χ2v) is 4.56. The molecule has 1 rings (SSSR count). The predicted octanol–water partition coefficient (Wildman–Crippen LogP) is 1.12. The molecule has 1 amide bonds. The minimum absolute atomic E-state index is 0.161. The van der Waals surface area contributed by atoms with Gasteiger partial charge in [0.05, 0.1) is 12.5 Å². The molecule has 1 aromatic carbocycles. The first kappa shape index (κ1) is 16.6. The van der Waals surface area contributed by atoms with Gasteiger partial charge in [-0.15, -0.1) is 0 Å². The van der Waals surface area contributed by atoms with Crippen molar-refractivity contribution in [3.05, 3.63) is 35.9 Å². The van der Waals surface area contributed by atoms with Crippen LogP contribution in [0.2, 0.25) is 0 Å². The Morgan fingerprint density at radius 2 is 2.05 bits per heavy atom. The molecule has 1 unspecified atom stereocenters. The van der Waals surface area contributed by atoms with Crippen molar-refractivity contribution >= 4 is 5.91 Å². The van der Waals surface area contributed by atoms with E-state index in [-0.39, 0.29) is 11.8 Å². The number of carbonyl (C=O) groups excluding carboxylic acids is 1. The van der Waals surface area contributed by atoms with E-state index < -0.39 is 0 Å². The largest absolute Gasteiger partial charge is 0.380 e. The van der Waals surface area contributed by atoms with Crippen molar-refractivity contribution in [2.24, 2.45) is 5.84 Å². The van der Waals surface area contributed by atoms with Crippen molar-refractivity contribution in [1.29, 1.82) is 0 Å². The van der Waals surface area contributed by atoms with Crippen molar-refractivity contribution in [2.45, 2.75) is 19.8 Å². The number of likely N-dealkylation sites (N-methyl/N-ethyl adjacent to an activating group) is 1. The first-order valence-corrected chi connectivity index (χ1v) is 7.08. The third kappa shape index (κ3) is 5.28. The van der Waals surface area contributed by atoms with Gasteiger partial charge in [0.1, 0.15) is 0 Å². The van der Waals surface area contributed by atoms with E-state index in [1.165, 1.54) is 0 Å². The molecular weight excluding hydrogens is 254 g/mol. The lowest BCUT2D eigenvalue weighted by molar-refractivity contribution is -0.123. The van der Waals surface area contributed by atoms with E-state index >= 15 is 0 Å². The number of ether oxygens (including phenoxy) is 1. The highest BCUT2D eigenvalue weighted by molar-refractivity contribution is 5.83. The molecule has 0 aliphatic rings. The summed E-state index contributed by atoms with van der Waals surface area (Å²) in [5, 5.41) is 0. The second kappa shape index (κ2) is 9.47.